The maximum atomic E-state index is 13.7. The first kappa shape index (κ1) is 15.6. The molecule has 2 rings (SSSR count). The Labute approximate surface area is 117 Å². The minimum absolute atomic E-state index is 0.0937. The number of benzene rings is 1. The number of amides is 1. The van der Waals surface area contributed by atoms with Crippen LogP contribution in [-0.4, -0.2) is 30.8 Å². The van der Waals surface area contributed by atoms with Gasteiger partial charge in [-0.3, -0.25) is 4.79 Å². The van der Waals surface area contributed by atoms with Crippen LogP contribution in [0.25, 0.3) is 0 Å². The van der Waals surface area contributed by atoms with Gasteiger partial charge >= 0.3 is 6.61 Å². The standard InChI is InChI=1S/C13H13F4NO3/c14-8-3-7(21-12(16)17)4-9(15)10(8)11(20)18-5-13(6-19)1-2-13/h3-4,12,19H,1-2,5-6H2,(H,18,20). The summed E-state index contributed by atoms with van der Waals surface area (Å²) < 4.78 is 55.1. The summed E-state index contributed by atoms with van der Waals surface area (Å²) in [5, 5.41) is 11.4. The van der Waals surface area contributed by atoms with Crippen molar-refractivity contribution in [3.63, 3.8) is 0 Å². The lowest BCUT2D eigenvalue weighted by molar-refractivity contribution is -0.0501. The zero-order valence-corrected chi connectivity index (χ0v) is 10.8. The third kappa shape index (κ3) is 3.63. The second-order valence-corrected chi connectivity index (χ2v) is 4.98. The van der Waals surface area contributed by atoms with Gasteiger partial charge < -0.3 is 15.2 Å². The van der Waals surface area contributed by atoms with E-state index in [4.69, 9.17) is 5.11 Å². The zero-order valence-electron chi connectivity index (χ0n) is 10.8. The molecular weight excluding hydrogens is 294 g/mol. The van der Waals surface area contributed by atoms with Crippen LogP contribution in [-0.2, 0) is 0 Å². The molecule has 1 aromatic carbocycles. The number of aliphatic hydroxyl groups is 1. The first-order chi connectivity index (χ1) is 9.87. The Balaban J connectivity index is 2.10. The summed E-state index contributed by atoms with van der Waals surface area (Å²) in [6.07, 6.45) is 1.44. The molecule has 0 saturated heterocycles. The lowest BCUT2D eigenvalue weighted by atomic mass is 10.1. The van der Waals surface area contributed by atoms with Crippen molar-refractivity contribution in [3.8, 4) is 5.75 Å². The van der Waals surface area contributed by atoms with E-state index >= 15 is 0 Å². The lowest BCUT2D eigenvalue weighted by Gasteiger charge is -2.14. The van der Waals surface area contributed by atoms with Gasteiger partial charge in [0.1, 0.15) is 22.9 Å². The van der Waals surface area contributed by atoms with Crippen LogP contribution in [0.2, 0.25) is 0 Å². The molecule has 1 saturated carbocycles. The van der Waals surface area contributed by atoms with Gasteiger partial charge in [0, 0.05) is 24.1 Å². The highest BCUT2D eigenvalue weighted by Gasteiger charge is 2.42. The van der Waals surface area contributed by atoms with Gasteiger partial charge in [0.15, 0.2) is 0 Å². The van der Waals surface area contributed by atoms with Gasteiger partial charge in [-0.05, 0) is 12.8 Å². The Hall–Kier alpha value is -1.83. The van der Waals surface area contributed by atoms with Gasteiger partial charge in [0.25, 0.3) is 5.91 Å². The van der Waals surface area contributed by atoms with E-state index in [0.29, 0.717) is 12.1 Å². The van der Waals surface area contributed by atoms with E-state index in [1.807, 2.05) is 0 Å². The van der Waals surface area contributed by atoms with Crippen molar-refractivity contribution in [1.29, 1.82) is 0 Å². The quantitative estimate of drug-likeness (QED) is 0.791. The van der Waals surface area contributed by atoms with E-state index in [0.717, 1.165) is 12.8 Å². The maximum absolute atomic E-state index is 13.7. The van der Waals surface area contributed by atoms with E-state index in [1.54, 1.807) is 0 Å². The number of ether oxygens (including phenoxy) is 1. The molecule has 1 aliphatic carbocycles. The summed E-state index contributed by atoms with van der Waals surface area (Å²) in [5.74, 6) is -4.30. The molecule has 2 N–H and O–H groups in total. The summed E-state index contributed by atoms with van der Waals surface area (Å²) in [5.41, 5.74) is -1.29. The Bertz CT molecular complexity index is 523. The summed E-state index contributed by atoms with van der Waals surface area (Å²) in [7, 11) is 0. The lowest BCUT2D eigenvalue weighted by Crippen LogP contribution is -2.33. The van der Waals surface area contributed by atoms with E-state index in [-0.39, 0.29) is 13.2 Å². The summed E-state index contributed by atoms with van der Waals surface area (Å²) >= 11 is 0. The van der Waals surface area contributed by atoms with Crippen LogP contribution in [0.15, 0.2) is 12.1 Å². The molecule has 0 aromatic heterocycles. The van der Waals surface area contributed by atoms with Gasteiger partial charge in [-0.2, -0.15) is 8.78 Å². The monoisotopic (exact) mass is 307 g/mol. The number of hydrogen-bond acceptors (Lipinski definition) is 3. The minimum atomic E-state index is -3.22. The van der Waals surface area contributed by atoms with E-state index < -0.39 is 40.9 Å². The molecule has 1 amide bonds. The molecule has 0 unspecified atom stereocenters. The molecule has 0 spiro atoms. The number of hydrogen-bond donors (Lipinski definition) is 2. The molecule has 0 bridgehead atoms. The van der Waals surface area contributed by atoms with Crippen LogP contribution < -0.4 is 10.1 Å². The fourth-order valence-corrected chi connectivity index (χ4v) is 1.86. The minimum Gasteiger partial charge on any atom is -0.435 e. The SMILES string of the molecule is O=C(NCC1(CO)CC1)c1c(F)cc(OC(F)F)cc1F. The average Bonchev–Trinajstić information content (AvgIpc) is 3.15. The number of aliphatic hydroxyl groups excluding tert-OH is 1. The first-order valence-corrected chi connectivity index (χ1v) is 6.20. The third-order valence-electron chi connectivity index (χ3n) is 3.38. The molecule has 0 radical (unpaired) electrons. The van der Waals surface area contributed by atoms with Gasteiger partial charge in [0.05, 0.1) is 6.61 Å². The Morgan fingerprint density at radius 3 is 2.33 bits per heavy atom. The van der Waals surface area contributed by atoms with Crippen molar-refractivity contribution < 1.29 is 32.2 Å². The molecule has 8 heteroatoms. The topological polar surface area (TPSA) is 58.6 Å². The largest absolute Gasteiger partial charge is 0.435 e. The number of halogens is 4. The molecular formula is C13H13F4NO3. The number of alkyl halides is 2. The number of rotatable bonds is 6. The van der Waals surface area contributed by atoms with Crippen LogP contribution in [0.4, 0.5) is 17.6 Å². The van der Waals surface area contributed by atoms with Crippen molar-refractivity contribution >= 4 is 5.91 Å². The van der Waals surface area contributed by atoms with Crippen LogP contribution in [0, 0.1) is 17.0 Å². The maximum Gasteiger partial charge on any atom is 0.387 e. The molecule has 0 aliphatic heterocycles. The zero-order chi connectivity index (χ0) is 15.6. The normalized spacial score (nSPS) is 15.9. The van der Waals surface area contributed by atoms with Crippen molar-refractivity contribution in [3.05, 3.63) is 29.3 Å². The third-order valence-corrected chi connectivity index (χ3v) is 3.38. The second-order valence-electron chi connectivity index (χ2n) is 4.98. The molecule has 116 valence electrons. The van der Waals surface area contributed by atoms with Crippen LogP contribution in [0.1, 0.15) is 23.2 Å². The molecule has 0 atom stereocenters. The van der Waals surface area contributed by atoms with Crippen LogP contribution in [0.5, 0.6) is 5.75 Å². The van der Waals surface area contributed by atoms with Crippen molar-refractivity contribution in [1.82, 2.24) is 5.32 Å². The van der Waals surface area contributed by atoms with E-state index in [1.165, 1.54) is 0 Å². The molecule has 0 heterocycles. The van der Waals surface area contributed by atoms with Crippen molar-refractivity contribution in [2.24, 2.45) is 5.41 Å². The van der Waals surface area contributed by atoms with Gasteiger partial charge in [-0.25, -0.2) is 8.78 Å². The predicted molar refractivity (Wildman–Crippen MR) is 64.1 cm³/mol. The fourth-order valence-electron chi connectivity index (χ4n) is 1.86. The van der Waals surface area contributed by atoms with Crippen molar-refractivity contribution in [2.45, 2.75) is 19.5 Å². The van der Waals surface area contributed by atoms with E-state index in [9.17, 15) is 22.4 Å². The molecule has 1 aromatic rings. The predicted octanol–water partition coefficient (Wildman–Crippen LogP) is 2.07. The second kappa shape index (κ2) is 5.88. The molecule has 4 nitrogen and oxygen atoms in total. The van der Waals surface area contributed by atoms with E-state index in [2.05, 4.69) is 10.1 Å². The smallest absolute Gasteiger partial charge is 0.387 e. The number of carbonyl (C=O) groups is 1. The molecule has 1 aliphatic rings. The Morgan fingerprint density at radius 1 is 1.33 bits per heavy atom. The number of nitrogens with one attached hydrogen (secondary N) is 1. The summed E-state index contributed by atoms with van der Waals surface area (Å²) in [6, 6.07) is 1.03. The first-order valence-electron chi connectivity index (χ1n) is 6.20. The highest BCUT2D eigenvalue weighted by Crippen LogP contribution is 2.44. The Kier molecular flexibility index (Phi) is 4.36. The average molecular weight is 307 g/mol. The fraction of sp³-hybridized carbons (Fsp3) is 0.462. The van der Waals surface area contributed by atoms with Gasteiger partial charge in [-0.1, -0.05) is 0 Å². The number of carbonyl (C=O) groups excluding carboxylic acids is 1. The molecule has 21 heavy (non-hydrogen) atoms. The Morgan fingerprint density at radius 2 is 1.90 bits per heavy atom. The van der Waals surface area contributed by atoms with Crippen LogP contribution in [0.3, 0.4) is 0 Å². The van der Waals surface area contributed by atoms with Gasteiger partial charge in [-0.15, -0.1) is 0 Å². The highest BCUT2D eigenvalue weighted by atomic mass is 19.3. The summed E-state index contributed by atoms with van der Waals surface area (Å²) in [4.78, 5) is 11.7. The summed E-state index contributed by atoms with van der Waals surface area (Å²) in [6.45, 7) is -3.25. The van der Waals surface area contributed by atoms with Gasteiger partial charge in [0.2, 0.25) is 0 Å². The highest BCUT2D eigenvalue weighted by molar-refractivity contribution is 5.95. The van der Waals surface area contributed by atoms with Crippen LogP contribution >= 0.6 is 0 Å². The molecule has 1 fully saturated rings. The van der Waals surface area contributed by atoms with Crippen molar-refractivity contribution in [2.75, 3.05) is 13.2 Å².